The van der Waals surface area contributed by atoms with E-state index in [9.17, 15) is 14.7 Å². The molecule has 0 saturated carbocycles. The largest absolute Gasteiger partial charge is 0.479 e. The number of carbonyl (C=O) groups is 2. The van der Waals surface area contributed by atoms with E-state index in [0.29, 0.717) is 19.6 Å². The van der Waals surface area contributed by atoms with Crippen molar-refractivity contribution < 1.29 is 19.4 Å². The normalized spacial score (nSPS) is 33.9. The van der Waals surface area contributed by atoms with E-state index < -0.39 is 16.9 Å². The summed E-state index contributed by atoms with van der Waals surface area (Å²) in [5.41, 5.74) is -1.71. The number of ether oxygens (including phenoxy) is 1. The fourth-order valence-corrected chi connectivity index (χ4v) is 3.20. The molecule has 6 nitrogen and oxygen atoms in total. The Balaban J connectivity index is 2.13. The van der Waals surface area contributed by atoms with Crippen LogP contribution in [0.1, 0.15) is 39.0 Å². The van der Waals surface area contributed by atoms with Gasteiger partial charge in [-0.15, -0.1) is 0 Å². The minimum Gasteiger partial charge on any atom is -0.479 e. The second-order valence-corrected chi connectivity index (χ2v) is 5.95. The molecule has 3 N–H and O–H groups in total. The van der Waals surface area contributed by atoms with Crippen molar-refractivity contribution in [2.24, 2.45) is 5.41 Å². The first-order valence-corrected chi connectivity index (χ1v) is 7.39. The molecule has 2 rings (SSSR count). The fourth-order valence-electron chi connectivity index (χ4n) is 3.20. The second-order valence-electron chi connectivity index (χ2n) is 5.95. The fraction of sp³-hybridized carbons (Fsp3) is 0.857. The molecule has 0 spiro atoms. The molecular weight excluding hydrogens is 260 g/mol. The molecule has 0 radical (unpaired) electrons. The molecule has 2 fully saturated rings. The van der Waals surface area contributed by atoms with Crippen LogP contribution < -0.4 is 10.6 Å². The van der Waals surface area contributed by atoms with E-state index in [2.05, 4.69) is 17.6 Å². The highest BCUT2D eigenvalue weighted by molar-refractivity contribution is 5.90. The summed E-state index contributed by atoms with van der Waals surface area (Å²) >= 11 is 0. The van der Waals surface area contributed by atoms with Gasteiger partial charge in [-0.2, -0.15) is 0 Å². The van der Waals surface area contributed by atoms with E-state index in [4.69, 9.17) is 4.74 Å². The molecule has 0 aromatic carbocycles. The predicted octanol–water partition coefficient (Wildman–Crippen LogP) is 0.516. The van der Waals surface area contributed by atoms with Gasteiger partial charge in [0.15, 0.2) is 5.54 Å². The number of amides is 1. The summed E-state index contributed by atoms with van der Waals surface area (Å²) in [4.78, 5) is 24.2. The lowest BCUT2D eigenvalue weighted by atomic mass is 9.75. The van der Waals surface area contributed by atoms with Gasteiger partial charge in [0.05, 0.1) is 12.0 Å². The van der Waals surface area contributed by atoms with Gasteiger partial charge in [-0.1, -0.05) is 13.3 Å². The summed E-state index contributed by atoms with van der Waals surface area (Å²) in [6.07, 6.45) is 3.79. The molecule has 1 amide bonds. The van der Waals surface area contributed by atoms with Gasteiger partial charge in [0.1, 0.15) is 0 Å². The molecule has 0 aromatic heterocycles. The van der Waals surface area contributed by atoms with Crippen molar-refractivity contribution >= 4 is 11.9 Å². The molecule has 2 heterocycles. The zero-order valence-corrected chi connectivity index (χ0v) is 12.0. The van der Waals surface area contributed by atoms with Crippen LogP contribution in [0.15, 0.2) is 0 Å². The van der Waals surface area contributed by atoms with Crippen LogP contribution in [0.4, 0.5) is 0 Å². The number of hydrogen-bond acceptors (Lipinski definition) is 4. The van der Waals surface area contributed by atoms with Crippen LogP contribution in [0.5, 0.6) is 0 Å². The topological polar surface area (TPSA) is 87.7 Å². The number of aliphatic carboxylic acids is 1. The highest BCUT2D eigenvalue weighted by Gasteiger charge is 2.48. The maximum absolute atomic E-state index is 12.7. The molecule has 2 saturated heterocycles. The van der Waals surface area contributed by atoms with E-state index in [1.165, 1.54) is 0 Å². The average molecular weight is 284 g/mol. The molecule has 114 valence electrons. The van der Waals surface area contributed by atoms with Crippen molar-refractivity contribution in [3.8, 4) is 0 Å². The number of hydrogen-bond donors (Lipinski definition) is 3. The molecule has 0 bridgehead atoms. The first kappa shape index (κ1) is 15.3. The van der Waals surface area contributed by atoms with Gasteiger partial charge in [0, 0.05) is 19.6 Å². The quantitative estimate of drug-likeness (QED) is 0.685. The van der Waals surface area contributed by atoms with Gasteiger partial charge in [0.25, 0.3) is 0 Å². The third kappa shape index (κ3) is 2.81. The summed E-state index contributed by atoms with van der Waals surface area (Å²) in [6.45, 7) is 4.04. The molecule has 2 unspecified atom stereocenters. The number of piperidine rings is 1. The van der Waals surface area contributed by atoms with Gasteiger partial charge in [-0.25, -0.2) is 4.79 Å². The van der Waals surface area contributed by atoms with Crippen LogP contribution in [0.2, 0.25) is 0 Å². The summed E-state index contributed by atoms with van der Waals surface area (Å²) in [5, 5.41) is 15.5. The summed E-state index contributed by atoms with van der Waals surface area (Å²) < 4.78 is 5.19. The van der Waals surface area contributed by atoms with Crippen LogP contribution in [0.25, 0.3) is 0 Å². The van der Waals surface area contributed by atoms with Crippen molar-refractivity contribution in [3.63, 3.8) is 0 Å². The predicted molar refractivity (Wildman–Crippen MR) is 73.4 cm³/mol. The SMILES string of the molecule is CCCC1(C(=O)NC2(C(=O)O)CCOC2)CCCNC1. The number of carboxylic acids is 1. The Labute approximate surface area is 119 Å². The minimum atomic E-state index is -1.24. The molecule has 2 atom stereocenters. The van der Waals surface area contributed by atoms with Gasteiger partial charge in [0.2, 0.25) is 5.91 Å². The van der Waals surface area contributed by atoms with Crippen molar-refractivity contribution in [3.05, 3.63) is 0 Å². The van der Waals surface area contributed by atoms with Crippen molar-refractivity contribution in [2.75, 3.05) is 26.3 Å². The summed E-state index contributed by atoms with van der Waals surface area (Å²) in [7, 11) is 0. The average Bonchev–Trinajstić information content (AvgIpc) is 2.90. The first-order valence-electron chi connectivity index (χ1n) is 7.39. The number of nitrogens with one attached hydrogen (secondary N) is 2. The Morgan fingerprint density at radius 2 is 2.20 bits per heavy atom. The summed E-state index contributed by atoms with van der Waals surface area (Å²) in [6, 6.07) is 0. The standard InChI is InChI=1S/C14H24N2O4/c1-2-4-13(5-3-7-15-9-13)11(17)16-14(12(18)19)6-8-20-10-14/h15H,2-10H2,1H3,(H,16,17)(H,18,19). The molecular formula is C14H24N2O4. The van der Waals surface area contributed by atoms with Crippen LogP contribution in [0.3, 0.4) is 0 Å². The molecule has 0 aliphatic carbocycles. The number of carbonyl (C=O) groups excluding carboxylic acids is 1. The lowest BCUT2D eigenvalue weighted by molar-refractivity contribution is -0.150. The highest BCUT2D eigenvalue weighted by atomic mass is 16.5. The van der Waals surface area contributed by atoms with Gasteiger partial charge in [-0.3, -0.25) is 4.79 Å². The smallest absolute Gasteiger partial charge is 0.331 e. The van der Waals surface area contributed by atoms with E-state index in [0.717, 1.165) is 32.2 Å². The van der Waals surface area contributed by atoms with E-state index in [1.54, 1.807) is 0 Å². The zero-order chi connectivity index (χ0) is 14.6. The summed E-state index contributed by atoms with van der Waals surface area (Å²) in [5.74, 6) is -1.14. The van der Waals surface area contributed by atoms with Crippen LogP contribution in [0, 0.1) is 5.41 Å². The van der Waals surface area contributed by atoms with Crippen LogP contribution in [-0.4, -0.2) is 48.8 Å². The molecule has 20 heavy (non-hydrogen) atoms. The Morgan fingerprint density at radius 1 is 1.40 bits per heavy atom. The third-order valence-electron chi connectivity index (χ3n) is 4.47. The molecule has 2 aliphatic heterocycles. The first-order chi connectivity index (χ1) is 9.55. The Bertz CT molecular complexity index is 366. The minimum absolute atomic E-state index is 0.0592. The van der Waals surface area contributed by atoms with E-state index >= 15 is 0 Å². The number of rotatable bonds is 5. The molecule has 2 aliphatic rings. The maximum Gasteiger partial charge on any atom is 0.331 e. The van der Waals surface area contributed by atoms with Gasteiger partial charge >= 0.3 is 5.97 Å². The highest BCUT2D eigenvalue weighted by Crippen LogP contribution is 2.33. The second kappa shape index (κ2) is 6.10. The maximum atomic E-state index is 12.7. The Morgan fingerprint density at radius 3 is 2.70 bits per heavy atom. The third-order valence-corrected chi connectivity index (χ3v) is 4.47. The van der Waals surface area contributed by atoms with Crippen LogP contribution >= 0.6 is 0 Å². The molecule has 6 heteroatoms. The van der Waals surface area contributed by atoms with Crippen LogP contribution in [-0.2, 0) is 14.3 Å². The number of carboxylic acid groups (broad SMARTS) is 1. The lowest BCUT2D eigenvalue weighted by Gasteiger charge is -2.38. The van der Waals surface area contributed by atoms with Gasteiger partial charge < -0.3 is 20.5 Å². The monoisotopic (exact) mass is 284 g/mol. The van der Waals surface area contributed by atoms with E-state index in [1.807, 2.05) is 0 Å². The Kier molecular flexibility index (Phi) is 4.65. The van der Waals surface area contributed by atoms with Crippen molar-refractivity contribution in [1.29, 1.82) is 0 Å². The zero-order valence-electron chi connectivity index (χ0n) is 12.0. The van der Waals surface area contributed by atoms with Crippen molar-refractivity contribution in [2.45, 2.75) is 44.6 Å². The van der Waals surface area contributed by atoms with Gasteiger partial charge in [-0.05, 0) is 25.8 Å². The Hall–Kier alpha value is -1.14. The molecule has 0 aromatic rings. The lowest BCUT2D eigenvalue weighted by Crippen LogP contribution is -2.61. The van der Waals surface area contributed by atoms with E-state index in [-0.39, 0.29) is 12.5 Å². The van der Waals surface area contributed by atoms with Crippen molar-refractivity contribution in [1.82, 2.24) is 10.6 Å².